The minimum atomic E-state index is -0.985. The van der Waals surface area contributed by atoms with E-state index in [4.69, 9.17) is 4.74 Å². The summed E-state index contributed by atoms with van der Waals surface area (Å²) < 4.78 is 8.38. The van der Waals surface area contributed by atoms with Crippen LogP contribution in [-0.4, -0.2) is 40.0 Å². The van der Waals surface area contributed by atoms with Crippen LogP contribution in [0.15, 0.2) is 41.8 Å². The first kappa shape index (κ1) is 22.0. The molecule has 0 bridgehead atoms. The summed E-state index contributed by atoms with van der Waals surface area (Å²) in [5, 5.41) is 5.34. The lowest BCUT2D eigenvalue weighted by Crippen LogP contribution is -2.64. The fraction of sp³-hybridized carbons (Fsp3) is 0.462. The number of fused-ring (bicyclic) bond motifs is 3. The molecule has 0 radical (unpaired) electrons. The van der Waals surface area contributed by atoms with Gasteiger partial charge < -0.3 is 19.5 Å². The Bertz CT molecular complexity index is 1170. The van der Waals surface area contributed by atoms with Crippen molar-refractivity contribution in [3.8, 4) is 5.75 Å². The van der Waals surface area contributed by atoms with Crippen LogP contribution in [0.5, 0.6) is 5.75 Å². The summed E-state index contributed by atoms with van der Waals surface area (Å²) in [6, 6.07) is 11.9. The lowest BCUT2D eigenvalue weighted by Gasteiger charge is -2.45. The number of methoxy groups -OCH3 is 1. The van der Waals surface area contributed by atoms with Gasteiger partial charge in [0.2, 0.25) is 5.91 Å². The van der Waals surface area contributed by atoms with Gasteiger partial charge in [0, 0.05) is 12.6 Å². The quantitative estimate of drug-likeness (QED) is 0.588. The first-order valence-electron chi connectivity index (χ1n) is 11.7. The number of amides is 2. The van der Waals surface area contributed by atoms with Crippen molar-refractivity contribution in [2.45, 2.75) is 64.2 Å². The van der Waals surface area contributed by atoms with Gasteiger partial charge in [-0.15, -0.1) is 11.3 Å². The van der Waals surface area contributed by atoms with Crippen LogP contribution in [-0.2, 0) is 17.9 Å². The second kappa shape index (κ2) is 8.52. The smallest absolute Gasteiger partial charge is 0.271 e. The van der Waals surface area contributed by atoms with E-state index in [0.29, 0.717) is 24.7 Å². The minimum absolute atomic E-state index is 0.0633. The van der Waals surface area contributed by atoms with Crippen LogP contribution >= 0.6 is 11.3 Å². The molecule has 1 aliphatic heterocycles. The maximum Gasteiger partial charge on any atom is 0.271 e. The third kappa shape index (κ3) is 3.92. The Morgan fingerprint density at radius 3 is 2.61 bits per heavy atom. The van der Waals surface area contributed by atoms with E-state index in [1.54, 1.807) is 23.3 Å². The number of nitrogens with one attached hydrogen (secondary N) is 1. The molecule has 33 heavy (non-hydrogen) atoms. The number of carbonyl (C=O) groups excluding carboxylic acids is 2. The Morgan fingerprint density at radius 2 is 1.91 bits per heavy atom. The number of aromatic nitrogens is 1. The Balaban J connectivity index is 1.49. The van der Waals surface area contributed by atoms with Gasteiger partial charge >= 0.3 is 0 Å². The molecule has 2 aliphatic rings. The first-order chi connectivity index (χ1) is 15.9. The van der Waals surface area contributed by atoms with Crippen molar-refractivity contribution in [2.24, 2.45) is 5.92 Å². The molecule has 2 amide bonds. The molecule has 3 aromatic rings. The molecule has 6 nitrogen and oxygen atoms in total. The molecule has 174 valence electrons. The van der Waals surface area contributed by atoms with Gasteiger partial charge in [-0.05, 0) is 73.7 Å². The van der Waals surface area contributed by atoms with Crippen LogP contribution in [0.4, 0.5) is 0 Å². The summed E-state index contributed by atoms with van der Waals surface area (Å²) in [6.07, 6.45) is 4.26. The normalized spacial score (nSPS) is 25.2. The van der Waals surface area contributed by atoms with E-state index in [9.17, 15) is 9.59 Å². The molecule has 1 saturated carbocycles. The number of thiophene rings is 1. The van der Waals surface area contributed by atoms with Crippen molar-refractivity contribution in [1.29, 1.82) is 0 Å². The van der Waals surface area contributed by atoms with Crippen LogP contribution in [0.3, 0.4) is 0 Å². The summed E-state index contributed by atoms with van der Waals surface area (Å²) in [5.74, 6) is 1.32. The Hall–Kier alpha value is -2.80. The van der Waals surface area contributed by atoms with Crippen LogP contribution in [0.2, 0.25) is 0 Å². The molecule has 1 aliphatic carbocycles. The topological polar surface area (TPSA) is 63.6 Å². The standard InChI is InChI=1S/C26H31N3O3S/c1-17-4-8-19(9-5-17)27-25(31)26(2)16-28-21-12-13-33-23(21)14-22(28)24(30)29(26)15-18-6-10-20(32-3)11-7-18/h6-7,10-14,17,19H,4-5,8-9,15-16H2,1-3H3,(H,27,31)/t17?,19?,26-/m0/s1. The fourth-order valence-electron chi connectivity index (χ4n) is 5.18. The molecule has 1 aromatic carbocycles. The highest BCUT2D eigenvalue weighted by Gasteiger charge is 2.48. The maximum absolute atomic E-state index is 13.8. The van der Waals surface area contributed by atoms with Gasteiger partial charge in [0.25, 0.3) is 5.91 Å². The largest absolute Gasteiger partial charge is 0.497 e. The Kier molecular flexibility index (Phi) is 5.69. The lowest BCUT2D eigenvalue weighted by atomic mass is 9.86. The SMILES string of the molecule is COc1ccc(CN2C(=O)c3cc4sccc4n3C[C@@]2(C)C(=O)NC2CCC(C)CC2)cc1. The molecule has 7 heteroatoms. The van der Waals surface area contributed by atoms with E-state index in [1.807, 2.05) is 53.3 Å². The molecule has 3 heterocycles. The summed E-state index contributed by atoms with van der Waals surface area (Å²) in [4.78, 5) is 29.3. The molecular weight excluding hydrogens is 434 g/mol. The zero-order valence-electron chi connectivity index (χ0n) is 19.5. The first-order valence-corrected chi connectivity index (χ1v) is 12.6. The van der Waals surface area contributed by atoms with Gasteiger partial charge in [0.15, 0.2) is 0 Å². The highest BCUT2D eigenvalue weighted by atomic mass is 32.1. The molecule has 5 rings (SSSR count). The predicted octanol–water partition coefficient (Wildman–Crippen LogP) is 4.82. The van der Waals surface area contributed by atoms with E-state index in [-0.39, 0.29) is 17.9 Å². The molecule has 1 N–H and O–H groups in total. The van der Waals surface area contributed by atoms with Gasteiger partial charge in [-0.2, -0.15) is 0 Å². The van der Waals surface area contributed by atoms with Gasteiger partial charge in [-0.1, -0.05) is 19.1 Å². The molecule has 1 atom stereocenters. The molecular formula is C26H31N3O3S. The van der Waals surface area contributed by atoms with E-state index in [0.717, 1.165) is 47.2 Å². The number of hydrogen-bond donors (Lipinski definition) is 1. The highest BCUT2D eigenvalue weighted by Crippen LogP contribution is 2.36. The third-order valence-corrected chi connectivity index (χ3v) is 8.24. The summed E-state index contributed by atoms with van der Waals surface area (Å²) in [5.41, 5.74) is 1.66. The monoisotopic (exact) mass is 465 g/mol. The molecule has 1 fully saturated rings. The summed E-state index contributed by atoms with van der Waals surface area (Å²) in [7, 11) is 1.64. The van der Waals surface area contributed by atoms with Crippen LogP contribution in [0, 0.1) is 5.92 Å². The van der Waals surface area contributed by atoms with Crippen molar-refractivity contribution in [3.63, 3.8) is 0 Å². The fourth-order valence-corrected chi connectivity index (χ4v) is 6.00. The van der Waals surface area contributed by atoms with Gasteiger partial charge in [-0.3, -0.25) is 9.59 Å². The second-order valence-electron chi connectivity index (χ2n) is 9.73. The minimum Gasteiger partial charge on any atom is -0.497 e. The van der Waals surface area contributed by atoms with Crippen molar-refractivity contribution in [1.82, 2.24) is 14.8 Å². The lowest BCUT2D eigenvalue weighted by molar-refractivity contribution is -0.134. The second-order valence-corrected chi connectivity index (χ2v) is 10.7. The van der Waals surface area contributed by atoms with Crippen molar-refractivity contribution < 1.29 is 14.3 Å². The third-order valence-electron chi connectivity index (χ3n) is 7.39. The van der Waals surface area contributed by atoms with E-state index in [2.05, 4.69) is 12.2 Å². The zero-order valence-corrected chi connectivity index (χ0v) is 20.3. The zero-order chi connectivity index (χ0) is 23.2. The molecule has 0 unspecified atom stereocenters. The van der Waals surface area contributed by atoms with Gasteiger partial charge in [0.1, 0.15) is 17.0 Å². The van der Waals surface area contributed by atoms with E-state index >= 15 is 0 Å². The van der Waals surface area contributed by atoms with Gasteiger partial charge in [0.05, 0.1) is 23.9 Å². The molecule has 0 spiro atoms. The summed E-state index contributed by atoms with van der Waals surface area (Å²) >= 11 is 1.62. The van der Waals surface area contributed by atoms with Crippen LogP contribution in [0.25, 0.3) is 10.2 Å². The summed E-state index contributed by atoms with van der Waals surface area (Å²) in [6.45, 7) is 5.00. The predicted molar refractivity (Wildman–Crippen MR) is 131 cm³/mol. The number of benzene rings is 1. The number of nitrogens with zero attached hydrogens (tertiary/aromatic N) is 2. The maximum atomic E-state index is 13.8. The average molecular weight is 466 g/mol. The Morgan fingerprint density at radius 1 is 1.18 bits per heavy atom. The number of rotatable bonds is 5. The number of hydrogen-bond acceptors (Lipinski definition) is 4. The molecule has 2 aromatic heterocycles. The average Bonchev–Trinajstić information content (AvgIpc) is 3.41. The Labute approximate surface area is 198 Å². The van der Waals surface area contributed by atoms with Crippen molar-refractivity contribution in [2.75, 3.05) is 7.11 Å². The van der Waals surface area contributed by atoms with Crippen LogP contribution in [0.1, 0.15) is 55.6 Å². The van der Waals surface area contributed by atoms with Crippen molar-refractivity contribution in [3.05, 3.63) is 53.0 Å². The number of carbonyl (C=O) groups is 2. The van der Waals surface area contributed by atoms with Gasteiger partial charge in [-0.25, -0.2) is 0 Å². The van der Waals surface area contributed by atoms with E-state index in [1.165, 1.54) is 0 Å². The van der Waals surface area contributed by atoms with Crippen LogP contribution < -0.4 is 10.1 Å². The number of ether oxygens (including phenoxy) is 1. The van der Waals surface area contributed by atoms with E-state index < -0.39 is 5.54 Å². The highest BCUT2D eigenvalue weighted by molar-refractivity contribution is 7.17. The van der Waals surface area contributed by atoms with Crippen molar-refractivity contribution >= 4 is 33.4 Å². The molecule has 0 saturated heterocycles.